The van der Waals surface area contributed by atoms with E-state index in [1.54, 1.807) is 11.3 Å². The first-order valence-electron chi connectivity index (χ1n) is 4.88. The Kier molecular flexibility index (Phi) is 2.40. The Labute approximate surface area is 93.4 Å². The van der Waals surface area contributed by atoms with E-state index in [1.165, 1.54) is 0 Å². The molecule has 0 aromatic carbocycles. The molecule has 0 saturated heterocycles. The van der Waals surface area contributed by atoms with Crippen LogP contribution in [0.4, 0.5) is 0 Å². The molecule has 0 aliphatic rings. The van der Waals surface area contributed by atoms with Gasteiger partial charge in [-0.1, -0.05) is 0 Å². The van der Waals surface area contributed by atoms with E-state index in [4.69, 9.17) is 5.73 Å². The maximum Gasteiger partial charge on any atom is 0.125 e. The number of nitrogens with zero attached hydrogens (tertiary/aromatic N) is 1. The molecule has 3 nitrogen and oxygen atoms in total. The molecule has 0 bridgehead atoms. The summed E-state index contributed by atoms with van der Waals surface area (Å²) in [4.78, 5) is 8.72. The highest BCUT2D eigenvalue weighted by Crippen LogP contribution is 2.32. The van der Waals surface area contributed by atoms with E-state index in [9.17, 15) is 0 Å². The van der Waals surface area contributed by atoms with Gasteiger partial charge in [0.2, 0.25) is 0 Å². The second-order valence-corrected chi connectivity index (χ2v) is 5.25. The normalized spacial score (nSPS) is 12.0. The van der Waals surface area contributed by atoms with E-state index in [2.05, 4.69) is 9.97 Å². The lowest BCUT2D eigenvalue weighted by Gasteiger charge is -2.16. The predicted molar refractivity (Wildman–Crippen MR) is 63.9 cm³/mol. The van der Waals surface area contributed by atoms with E-state index < -0.39 is 0 Å². The molecule has 2 aromatic rings. The van der Waals surface area contributed by atoms with Gasteiger partial charge in [0.15, 0.2) is 0 Å². The van der Waals surface area contributed by atoms with Gasteiger partial charge in [0.1, 0.15) is 5.01 Å². The molecule has 0 aliphatic carbocycles. The average Bonchev–Trinajstić information content (AvgIpc) is 2.68. The highest BCUT2D eigenvalue weighted by Gasteiger charge is 2.21. The van der Waals surface area contributed by atoms with Crippen molar-refractivity contribution in [1.82, 2.24) is 9.97 Å². The van der Waals surface area contributed by atoms with Crippen molar-refractivity contribution in [3.8, 4) is 10.6 Å². The minimum atomic E-state index is -0.309. The zero-order chi connectivity index (χ0) is 11.1. The Hall–Kier alpha value is -1.13. The van der Waals surface area contributed by atoms with E-state index in [1.807, 2.05) is 39.2 Å². The second kappa shape index (κ2) is 3.47. The number of hydrogen-bond acceptors (Lipinski definition) is 3. The first-order valence-corrected chi connectivity index (χ1v) is 5.70. The summed E-state index contributed by atoms with van der Waals surface area (Å²) in [6.07, 6.45) is 3.85. The number of rotatable bonds is 2. The molecule has 0 atom stereocenters. The topological polar surface area (TPSA) is 54.7 Å². The van der Waals surface area contributed by atoms with E-state index in [0.717, 1.165) is 21.1 Å². The average molecular weight is 221 g/mol. The largest absolute Gasteiger partial charge is 0.367 e. The first kappa shape index (κ1) is 10.4. The zero-order valence-corrected chi connectivity index (χ0v) is 9.98. The summed E-state index contributed by atoms with van der Waals surface area (Å²) >= 11 is 1.67. The molecule has 3 N–H and O–H groups in total. The Bertz CT molecular complexity index is 449. The highest BCUT2D eigenvalue weighted by molar-refractivity contribution is 7.15. The van der Waals surface area contributed by atoms with Crippen LogP contribution in [-0.2, 0) is 5.54 Å². The van der Waals surface area contributed by atoms with Crippen molar-refractivity contribution in [2.75, 3.05) is 0 Å². The molecular weight excluding hydrogens is 206 g/mol. The Morgan fingerprint density at radius 1 is 1.47 bits per heavy atom. The van der Waals surface area contributed by atoms with Crippen molar-refractivity contribution in [2.24, 2.45) is 5.73 Å². The van der Waals surface area contributed by atoms with Gasteiger partial charge in [-0.3, -0.25) is 0 Å². The molecule has 2 rings (SSSR count). The van der Waals surface area contributed by atoms with Gasteiger partial charge in [-0.15, -0.1) is 11.3 Å². The summed E-state index contributed by atoms with van der Waals surface area (Å²) in [7, 11) is 0. The standard InChI is InChI=1S/C11H15N3S/c1-7-9(11(2,3)12)15-10(14-7)8-4-5-13-6-8/h4-6,13H,12H2,1-3H3. The molecule has 0 unspecified atom stereocenters. The molecule has 80 valence electrons. The number of aromatic nitrogens is 2. The minimum absolute atomic E-state index is 0.309. The summed E-state index contributed by atoms with van der Waals surface area (Å²) in [5.41, 5.74) is 7.93. The number of nitrogens with two attached hydrogens (primary N) is 1. The molecule has 0 aliphatic heterocycles. The van der Waals surface area contributed by atoms with Gasteiger partial charge in [0.25, 0.3) is 0 Å². The first-order chi connectivity index (χ1) is 6.98. The van der Waals surface area contributed by atoms with Gasteiger partial charge in [0.05, 0.1) is 5.69 Å². The second-order valence-electron chi connectivity index (χ2n) is 4.25. The van der Waals surface area contributed by atoms with Crippen LogP contribution in [0.2, 0.25) is 0 Å². The summed E-state index contributed by atoms with van der Waals surface area (Å²) in [6.45, 7) is 6.03. The van der Waals surface area contributed by atoms with Gasteiger partial charge < -0.3 is 10.7 Å². The number of nitrogens with one attached hydrogen (secondary N) is 1. The summed E-state index contributed by atoms with van der Waals surface area (Å²) in [6, 6.07) is 2.02. The zero-order valence-electron chi connectivity index (χ0n) is 9.16. The van der Waals surface area contributed by atoms with Crippen LogP contribution >= 0.6 is 11.3 Å². The lowest BCUT2D eigenvalue weighted by atomic mass is 10.0. The Balaban J connectivity index is 2.47. The van der Waals surface area contributed by atoms with E-state index >= 15 is 0 Å². The maximum atomic E-state index is 6.09. The monoisotopic (exact) mass is 221 g/mol. The van der Waals surface area contributed by atoms with Crippen LogP contribution in [0.1, 0.15) is 24.4 Å². The van der Waals surface area contributed by atoms with Gasteiger partial charge in [-0.25, -0.2) is 4.98 Å². The maximum absolute atomic E-state index is 6.09. The molecule has 0 radical (unpaired) electrons. The molecule has 0 fully saturated rings. The van der Waals surface area contributed by atoms with Crippen LogP contribution in [0.3, 0.4) is 0 Å². The summed E-state index contributed by atoms with van der Waals surface area (Å²) in [5.74, 6) is 0. The Morgan fingerprint density at radius 3 is 2.67 bits per heavy atom. The molecule has 2 heterocycles. The third kappa shape index (κ3) is 1.96. The number of thiazole rings is 1. The number of aromatic amines is 1. The van der Waals surface area contributed by atoms with E-state index in [0.29, 0.717) is 0 Å². The predicted octanol–water partition coefficient (Wildman–Crippen LogP) is 2.64. The summed E-state index contributed by atoms with van der Waals surface area (Å²) < 4.78 is 0. The van der Waals surface area contributed by atoms with Crippen LogP contribution in [0.15, 0.2) is 18.5 Å². The van der Waals surface area contributed by atoms with Crippen molar-refractivity contribution in [1.29, 1.82) is 0 Å². The molecule has 0 saturated carbocycles. The lowest BCUT2D eigenvalue weighted by molar-refractivity contribution is 0.562. The molecule has 15 heavy (non-hydrogen) atoms. The fourth-order valence-corrected chi connectivity index (χ4v) is 2.65. The smallest absolute Gasteiger partial charge is 0.125 e. The molecule has 0 spiro atoms. The van der Waals surface area contributed by atoms with Gasteiger partial charge in [-0.05, 0) is 26.8 Å². The number of H-pyrrole nitrogens is 1. The van der Waals surface area contributed by atoms with Gasteiger partial charge in [0, 0.05) is 28.4 Å². The molecular formula is C11H15N3S. The number of aryl methyl sites for hydroxylation is 1. The van der Waals surface area contributed by atoms with Crippen molar-refractivity contribution in [3.63, 3.8) is 0 Å². The van der Waals surface area contributed by atoms with Gasteiger partial charge >= 0.3 is 0 Å². The van der Waals surface area contributed by atoms with Gasteiger partial charge in [-0.2, -0.15) is 0 Å². The fraction of sp³-hybridized carbons (Fsp3) is 0.364. The quantitative estimate of drug-likeness (QED) is 0.819. The summed E-state index contributed by atoms with van der Waals surface area (Å²) in [5, 5.41) is 1.03. The van der Waals surface area contributed by atoms with Crippen LogP contribution in [0.25, 0.3) is 10.6 Å². The lowest BCUT2D eigenvalue weighted by Crippen LogP contribution is -2.28. The fourth-order valence-electron chi connectivity index (χ4n) is 1.57. The van der Waals surface area contributed by atoms with Crippen LogP contribution in [0.5, 0.6) is 0 Å². The van der Waals surface area contributed by atoms with E-state index in [-0.39, 0.29) is 5.54 Å². The van der Waals surface area contributed by atoms with Crippen molar-refractivity contribution in [2.45, 2.75) is 26.3 Å². The minimum Gasteiger partial charge on any atom is -0.367 e. The molecule has 4 heteroatoms. The van der Waals surface area contributed by atoms with Crippen molar-refractivity contribution < 1.29 is 0 Å². The third-order valence-corrected chi connectivity index (χ3v) is 3.77. The molecule has 0 amide bonds. The van der Waals surface area contributed by atoms with Crippen LogP contribution < -0.4 is 5.73 Å². The van der Waals surface area contributed by atoms with Crippen molar-refractivity contribution in [3.05, 3.63) is 29.0 Å². The SMILES string of the molecule is Cc1nc(-c2cc[nH]c2)sc1C(C)(C)N. The van der Waals surface area contributed by atoms with Crippen molar-refractivity contribution >= 4 is 11.3 Å². The highest BCUT2D eigenvalue weighted by atomic mass is 32.1. The number of hydrogen-bond donors (Lipinski definition) is 2. The third-order valence-electron chi connectivity index (χ3n) is 2.23. The van der Waals surface area contributed by atoms with Crippen LogP contribution in [0, 0.1) is 6.92 Å². The van der Waals surface area contributed by atoms with Crippen LogP contribution in [-0.4, -0.2) is 9.97 Å². The Morgan fingerprint density at radius 2 is 2.20 bits per heavy atom. The molecule has 2 aromatic heterocycles.